The first-order chi connectivity index (χ1) is 27.3. The van der Waals surface area contributed by atoms with Crippen molar-refractivity contribution in [2.24, 2.45) is 0 Å². The van der Waals surface area contributed by atoms with Gasteiger partial charge in [0.1, 0.15) is 0 Å². The number of aromatic nitrogens is 2. The van der Waals surface area contributed by atoms with E-state index in [1.165, 1.54) is 102 Å². The lowest BCUT2D eigenvalue weighted by molar-refractivity contribution is 1.18. The highest BCUT2D eigenvalue weighted by Gasteiger charge is 2.20. The monoisotopic (exact) mass is 716 g/mol. The molecule has 0 radical (unpaired) electrons. The number of thiophene rings is 1. The lowest BCUT2D eigenvalue weighted by Gasteiger charge is -2.11. The second-order valence-electron chi connectivity index (χ2n) is 14.5. The quantitative estimate of drug-likeness (QED) is 0.172. The second-order valence-corrected chi connectivity index (χ2v) is 15.6. The molecule has 0 aliphatic carbocycles. The number of benzene rings is 9. The van der Waals surface area contributed by atoms with Crippen LogP contribution in [0.2, 0.25) is 0 Å². The van der Waals surface area contributed by atoms with Crippen LogP contribution in [0.5, 0.6) is 0 Å². The third-order valence-electron chi connectivity index (χ3n) is 11.5. The molecule has 0 aliphatic rings. The minimum Gasteiger partial charge on any atom is -0.309 e. The van der Waals surface area contributed by atoms with Crippen LogP contribution in [0.4, 0.5) is 0 Å². The molecule has 0 saturated heterocycles. The molecule has 0 fully saturated rings. The summed E-state index contributed by atoms with van der Waals surface area (Å²) in [5.41, 5.74) is 12.1. The van der Waals surface area contributed by atoms with Gasteiger partial charge in [-0.3, -0.25) is 0 Å². The highest BCUT2D eigenvalue weighted by atomic mass is 32.1. The van der Waals surface area contributed by atoms with Crippen LogP contribution in [0.25, 0.3) is 108 Å². The van der Waals surface area contributed by atoms with Gasteiger partial charge >= 0.3 is 0 Å². The second kappa shape index (κ2) is 11.8. The zero-order valence-electron chi connectivity index (χ0n) is 29.8. The number of fused-ring (bicyclic) bond motifs is 11. The number of nitrogens with zero attached hydrogens (tertiary/aromatic N) is 2. The highest BCUT2D eigenvalue weighted by molar-refractivity contribution is 7.25. The Morgan fingerprint density at radius 1 is 0.327 bits per heavy atom. The molecule has 3 heterocycles. The molecule has 0 aliphatic heterocycles. The average Bonchev–Trinajstić information content (AvgIpc) is 3.91. The molecule has 0 spiro atoms. The fourth-order valence-electron chi connectivity index (χ4n) is 9.05. The molecule has 0 N–H and O–H groups in total. The maximum absolute atomic E-state index is 2.49. The first kappa shape index (κ1) is 30.5. The predicted molar refractivity (Wildman–Crippen MR) is 236 cm³/mol. The summed E-state index contributed by atoms with van der Waals surface area (Å²) in [6.45, 7) is 0. The van der Waals surface area contributed by atoms with Gasteiger partial charge in [0.2, 0.25) is 0 Å². The van der Waals surface area contributed by atoms with Gasteiger partial charge in [0.25, 0.3) is 0 Å². The lowest BCUT2D eigenvalue weighted by atomic mass is 9.97. The van der Waals surface area contributed by atoms with E-state index in [1.54, 1.807) is 0 Å². The van der Waals surface area contributed by atoms with E-state index < -0.39 is 0 Å². The molecule has 0 bridgehead atoms. The topological polar surface area (TPSA) is 9.86 Å². The third kappa shape index (κ3) is 4.54. The van der Waals surface area contributed by atoms with Crippen LogP contribution in [0.3, 0.4) is 0 Å². The van der Waals surface area contributed by atoms with Crippen molar-refractivity contribution in [2.75, 3.05) is 0 Å². The molecule has 9 aromatic carbocycles. The van der Waals surface area contributed by atoms with Gasteiger partial charge in [0, 0.05) is 58.5 Å². The van der Waals surface area contributed by atoms with E-state index >= 15 is 0 Å². The Morgan fingerprint density at radius 2 is 1.02 bits per heavy atom. The van der Waals surface area contributed by atoms with E-state index in [-0.39, 0.29) is 0 Å². The lowest BCUT2D eigenvalue weighted by Crippen LogP contribution is -1.94. The van der Waals surface area contributed by atoms with E-state index in [9.17, 15) is 0 Å². The van der Waals surface area contributed by atoms with Crippen molar-refractivity contribution in [3.63, 3.8) is 0 Å². The maximum atomic E-state index is 2.49. The number of para-hydroxylation sites is 1. The largest absolute Gasteiger partial charge is 0.309 e. The van der Waals surface area contributed by atoms with Crippen molar-refractivity contribution in [1.29, 1.82) is 0 Å². The molecule has 2 nitrogen and oxygen atoms in total. The van der Waals surface area contributed by atoms with Crippen LogP contribution in [0.1, 0.15) is 0 Å². The van der Waals surface area contributed by atoms with Gasteiger partial charge < -0.3 is 9.13 Å². The molecular weight excluding hydrogens is 685 g/mol. The molecule has 0 unspecified atom stereocenters. The molecule has 0 saturated carbocycles. The summed E-state index contributed by atoms with van der Waals surface area (Å²) in [6, 6.07) is 71.5. The predicted octanol–water partition coefficient (Wildman–Crippen LogP) is 14.7. The molecule has 0 atom stereocenters. The van der Waals surface area contributed by atoms with Gasteiger partial charge in [0.05, 0.1) is 22.1 Å². The highest BCUT2D eigenvalue weighted by Crippen LogP contribution is 2.43. The summed E-state index contributed by atoms with van der Waals surface area (Å²) < 4.78 is 7.55. The summed E-state index contributed by atoms with van der Waals surface area (Å²) in [5, 5.41) is 10.2. The molecule has 3 aromatic heterocycles. The van der Waals surface area contributed by atoms with Gasteiger partial charge in [0.15, 0.2) is 0 Å². The van der Waals surface area contributed by atoms with Crippen LogP contribution in [0, 0.1) is 0 Å². The van der Waals surface area contributed by atoms with Crippen LogP contribution in [-0.4, -0.2) is 9.13 Å². The first-order valence-corrected chi connectivity index (χ1v) is 19.7. The number of hydrogen-bond acceptors (Lipinski definition) is 1. The van der Waals surface area contributed by atoms with Crippen LogP contribution in [-0.2, 0) is 0 Å². The van der Waals surface area contributed by atoms with Gasteiger partial charge in [-0.25, -0.2) is 0 Å². The van der Waals surface area contributed by atoms with Crippen molar-refractivity contribution in [2.45, 2.75) is 0 Å². The summed E-state index contributed by atoms with van der Waals surface area (Å²) >= 11 is 1.87. The normalized spacial score (nSPS) is 12.0. The summed E-state index contributed by atoms with van der Waals surface area (Å²) in [5.74, 6) is 0. The minimum atomic E-state index is 1.16. The van der Waals surface area contributed by atoms with E-state index in [0.29, 0.717) is 0 Å². The van der Waals surface area contributed by atoms with Gasteiger partial charge in [-0.2, -0.15) is 0 Å². The minimum absolute atomic E-state index is 1.16. The standard InChI is InChI=1S/C52H32N2S/c1-3-12-33(13-4-1)39-19-11-20-48-51(39)45-31-36(24-28-47(45)53(48)37-15-5-2-6-16-37)35-23-27-46-43(30-35)42-26-22-34-14-7-8-17-40(34)52(42)54(46)38-25-29-50-44(32-38)41-18-9-10-21-49(41)55-50/h1-32H. The summed E-state index contributed by atoms with van der Waals surface area (Å²) in [7, 11) is 0. The van der Waals surface area contributed by atoms with Crippen molar-refractivity contribution >= 4 is 85.9 Å². The zero-order valence-corrected chi connectivity index (χ0v) is 30.6. The van der Waals surface area contributed by atoms with Gasteiger partial charge in [-0.05, 0) is 94.4 Å². The van der Waals surface area contributed by atoms with E-state index in [4.69, 9.17) is 0 Å². The maximum Gasteiger partial charge on any atom is 0.0619 e. The van der Waals surface area contributed by atoms with Crippen LogP contribution in [0.15, 0.2) is 194 Å². The molecule has 0 amide bonds. The molecule has 12 aromatic rings. The number of rotatable bonds is 4. The van der Waals surface area contributed by atoms with E-state index in [2.05, 4.69) is 203 Å². The van der Waals surface area contributed by atoms with Crippen LogP contribution >= 0.6 is 11.3 Å². The molecule has 3 heteroatoms. The summed E-state index contributed by atoms with van der Waals surface area (Å²) in [4.78, 5) is 0. The van der Waals surface area contributed by atoms with Crippen molar-refractivity contribution in [1.82, 2.24) is 9.13 Å². The van der Waals surface area contributed by atoms with Crippen molar-refractivity contribution in [3.05, 3.63) is 194 Å². The van der Waals surface area contributed by atoms with Gasteiger partial charge in [-0.15, -0.1) is 11.3 Å². The zero-order chi connectivity index (χ0) is 36.0. The van der Waals surface area contributed by atoms with E-state index in [0.717, 1.165) is 5.69 Å². The smallest absolute Gasteiger partial charge is 0.0619 e. The fraction of sp³-hybridized carbons (Fsp3) is 0. The van der Waals surface area contributed by atoms with Crippen molar-refractivity contribution in [3.8, 4) is 33.6 Å². The molecule has 256 valence electrons. The van der Waals surface area contributed by atoms with Crippen molar-refractivity contribution < 1.29 is 0 Å². The third-order valence-corrected chi connectivity index (χ3v) is 12.6. The number of hydrogen-bond donors (Lipinski definition) is 0. The van der Waals surface area contributed by atoms with E-state index in [1.807, 2.05) is 11.3 Å². The molecular formula is C52H32N2S. The Labute approximate surface area is 321 Å². The Hall–Kier alpha value is -6.94. The first-order valence-electron chi connectivity index (χ1n) is 18.8. The Morgan fingerprint density at radius 3 is 1.85 bits per heavy atom. The Bertz CT molecular complexity index is 3470. The van der Waals surface area contributed by atoms with Crippen LogP contribution < -0.4 is 0 Å². The van der Waals surface area contributed by atoms with Gasteiger partial charge in [-0.1, -0.05) is 127 Å². The molecule has 12 rings (SSSR count). The average molecular weight is 717 g/mol. The Balaban J connectivity index is 1.12. The fourth-order valence-corrected chi connectivity index (χ4v) is 10.1. The summed E-state index contributed by atoms with van der Waals surface area (Å²) in [6.07, 6.45) is 0. The Kier molecular flexibility index (Phi) is 6.54. The SMILES string of the molecule is c1ccc(-c2cccc3c2c2cc(-c4ccc5c(c4)c4ccc6ccccc6c4n5-c4ccc5sc6ccccc6c5c4)ccc2n3-c2ccccc2)cc1. The molecule has 55 heavy (non-hydrogen) atoms.